The van der Waals surface area contributed by atoms with Gasteiger partial charge in [-0.25, -0.2) is 0 Å². The van der Waals surface area contributed by atoms with Crippen LogP contribution in [-0.2, 0) is 6.42 Å². The lowest BCUT2D eigenvalue weighted by molar-refractivity contribution is 0.605. The molecule has 0 radical (unpaired) electrons. The van der Waals surface area contributed by atoms with Crippen LogP contribution >= 0.6 is 0 Å². The lowest BCUT2D eigenvalue weighted by atomic mass is 10.1. The van der Waals surface area contributed by atoms with Gasteiger partial charge in [0.25, 0.3) is 0 Å². The highest BCUT2D eigenvalue weighted by Crippen LogP contribution is 2.22. The highest BCUT2D eigenvalue weighted by atomic mass is 16.3. The van der Waals surface area contributed by atoms with Crippen molar-refractivity contribution in [2.45, 2.75) is 26.3 Å². The van der Waals surface area contributed by atoms with Crippen molar-refractivity contribution in [1.29, 1.82) is 0 Å². The molecule has 0 saturated carbocycles. The molecule has 14 heavy (non-hydrogen) atoms. The summed E-state index contributed by atoms with van der Waals surface area (Å²) in [6.07, 6.45) is 2.68. The van der Waals surface area contributed by atoms with E-state index in [1.54, 1.807) is 0 Å². The van der Waals surface area contributed by atoms with Crippen molar-refractivity contribution >= 4 is 11.0 Å². The van der Waals surface area contributed by atoms with Crippen molar-refractivity contribution in [1.82, 2.24) is 0 Å². The number of benzene rings is 1. The van der Waals surface area contributed by atoms with E-state index in [1.807, 2.05) is 13.2 Å². The SMILES string of the molecule is Cc1ccc2c(CC(C)N)coc2c1. The predicted octanol–water partition coefficient (Wildman–Crippen LogP) is 2.63. The lowest BCUT2D eigenvalue weighted by Gasteiger charge is -2.01. The molecule has 2 rings (SSSR count). The molecule has 0 aliphatic rings. The van der Waals surface area contributed by atoms with Crippen LogP contribution in [0.4, 0.5) is 0 Å². The number of aryl methyl sites for hydroxylation is 1. The molecule has 1 aromatic heterocycles. The average molecular weight is 189 g/mol. The summed E-state index contributed by atoms with van der Waals surface area (Å²) in [6.45, 7) is 4.07. The van der Waals surface area contributed by atoms with Gasteiger partial charge in [0.2, 0.25) is 0 Å². The lowest BCUT2D eigenvalue weighted by Crippen LogP contribution is -2.17. The standard InChI is InChI=1S/C12H15NO/c1-8-3-4-11-10(6-9(2)13)7-14-12(11)5-8/h3-5,7,9H,6,13H2,1-2H3. The van der Waals surface area contributed by atoms with E-state index in [0.29, 0.717) is 0 Å². The van der Waals surface area contributed by atoms with Gasteiger partial charge in [0.15, 0.2) is 0 Å². The third kappa shape index (κ3) is 1.66. The van der Waals surface area contributed by atoms with Gasteiger partial charge in [0.1, 0.15) is 5.58 Å². The van der Waals surface area contributed by atoms with Crippen molar-refractivity contribution in [3.8, 4) is 0 Å². The summed E-state index contributed by atoms with van der Waals surface area (Å²) in [5, 5.41) is 1.19. The molecule has 0 spiro atoms. The fourth-order valence-corrected chi connectivity index (χ4v) is 1.70. The van der Waals surface area contributed by atoms with Crippen LogP contribution in [0.2, 0.25) is 0 Å². The number of hydrogen-bond acceptors (Lipinski definition) is 2. The molecule has 0 fully saturated rings. The van der Waals surface area contributed by atoms with Crippen molar-refractivity contribution in [3.05, 3.63) is 35.6 Å². The minimum absolute atomic E-state index is 0.178. The first-order valence-electron chi connectivity index (χ1n) is 4.89. The number of rotatable bonds is 2. The molecule has 1 aromatic carbocycles. The monoisotopic (exact) mass is 189 g/mol. The van der Waals surface area contributed by atoms with Crippen LogP contribution in [0.5, 0.6) is 0 Å². The smallest absolute Gasteiger partial charge is 0.134 e. The molecule has 1 heterocycles. The summed E-state index contributed by atoms with van der Waals surface area (Å²) in [5.74, 6) is 0. The molecule has 0 amide bonds. The second kappa shape index (κ2) is 3.46. The van der Waals surface area contributed by atoms with Crippen LogP contribution < -0.4 is 5.73 Å². The van der Waals surface area contributed by atoms with Gasteiger partial charge in [-0.1, -0.05) is 12.1 Å². The van der Waals surface area contributed by atoms with Crippen LogP contribution in [0.3, 0.4) is 0 Å². The number of hydrogen-bond donors (Lipinski definition) is 1. The summed E-state index contributed by atoms with van der Waals surface area (Å²) >= 11 is 0. The van der Waals surface area contributed by atoms with Crippen LogP contribution in [0, 0.1) is 6.92 Å². The molecule has 0 aliphatic carbocycles. The second-order valence-corrected chi connectivity index (χ2v) is 3.94. The van der Waals surface area contributed by atoms with Gasteiger partial charge in [-0.3, -0.25) is 0 Å². The van der Waals surface area contributed by atoms with E-state index in [2.05, 4.69) is 25.1 Å². The van der Waals surface area contributed by atoms with Crippen molar-refractivity contribution in [3.63, 3.8) is 0 Å². The first-order chi connectivity index (χ1) is 6.66. The van der Waals surface area contributed by atoms with Crippen LogP contribution in [0.25, 0.3) is 11.0 Å². The van der Waals surface area contributed by atoms with Crippen LogP contribution in [0.15, 0.2) is 28.9 Å². The Labute approximate surface area is 83.7 Å². The maximum Gasteiger partial charge on any atom is 0.134 e. The Hall–Kier alpha value is -1.28. The molecule has 2 heteroatoms. The van der Waals surface area contributed by atoms with Gasteiger partial charge in [-0.05, 0) is 37.5 Å². The predicted molar refractivity (Wildman–Crippen MR) is 58.3 cm³/mol. The minimum atomic E-state index is 0.178. The van der Waals surface area contributed by atoms with Gasteiger partial charge >= 0.3 is 0 Å². The largest absolute Gasteiger partial charge is 0.464 e. The fraction of sp³-hybridized carbons (Fsp3) is 0.333. The number of furan rings is 1. The molecule has 1 atom stereocenters. The maximum atomic E-state index is 5.76. The first-order valence-corrected chi connectivity index (χ1v) is 4.89. The number of fused-ring (bicyclic) bond motifs is 1. The summed E-state index contributed by atoms with van der Waals surface area (Å²) in [5.41, 5.74) is 9.15. The van der Waals surface area contributed by atoms with Crippen molar-refractivity contribution in [2.75, 3.05) is 0 Å². The topological polar surface area (TPSA) is 39.2 Å². The number of nitrogens with two attached hydrogens (primary N) is 1. The van der Waals surface area contributed by atoms with E-state index in [0.717, 1.165) is 12.0 Å². The molecule has 2 nitrogen and oxygen atoms in total. The molecule has 0 aliphatic heterocycles. The Morgan fingerprint density at radius 1 is 1.43 bits per heavy atom. The molecule has 74 valence electrons. The zero-order valence-corrected chi connectivity index (χ0v) is 8.58. The third-order valence-electron chi connectivity index (χ3n) is 2.35. The highest BCUT2D eigenvalue weighted by Gasteiger charge is 2.07. The summed E-state index contributed by atoms with van der Waals surface area (Å²) < 4.78 is 5.48. The Balaban J connectivity index is 2.47. The van der Waals surface area contributed by atoms with Gasteiger partial charge in [-0.15, -0.1) is 0 Å². The molecular weight excluding hydrogens is 174 g/mol. The first kappa shape index (κ1) is 9.28. The molecule has 2 aromatic rings. The van der Waals surface area contributed by atoms with E-state index in [4.69, 9.17) is 10.2 Å². The van der Waals surface area contributed by atoms with Gasteiger partial charge in [-0.2, -0.15) is 0 Å². The third-order valence-corrected chi connectivity index (χ3v) is 2.35. The Morgan fingerprint density at radius 3 is 2.93 bits per heavy atom. The zero-order valence-electron chi connectivity index (χ0n) is 8.58. The quantitative estimate of drug-likeness (QED) is 0.788. The molecular formula is C12H15NO. The van der Waals surface area contributed by atoms with Crippen LogP contribution in [0.1, 0.15) is 18.1 Å². The molecule has 0 bridgehead atoms. The molecule has 1 unspecified atom stereocenters. The fourth-order valence-electron chi connectivity index (χ4n) is 1.70. The Bertz CT molecular complexity index is 443. The van der Waals surface area contributed by atoms with Crippen molar-refractivity contribution in [2.24, 2.45) is 5.73 Å². The summed E-state index contributed by atoms with van der Waals surface area (Å²) in [6, 6.07) is 6.44. The second-order valence-electron chi connectivity index (χ2n) is 3.94. The summed E-state index contributed by atoms with van der Waals surface area (Å²) in [7, 11) is 0. The van der Waals surface area contributed by atoms with Gasteiger partial charge < -0.3 is 10.2 Å². The normalized spacial score (nSPS) is 13.4. The zero-order chi connectivity index (χ0) is 10.1. The van der Waals surface area contributed by atoms with Gasteiger partial charge in [0, 0.05) is 11.4 Å². The van der Waals surface area contributed by atoms with E-state index in [-0.39, 0.29) is 6.04 Å². The van der Waals surface area contributed by atoms with E-state index >= 15 is 0 Å². The van der Waals surface area contributed by atoms with E-state index in [9.17, 15) is 0 Å². The Kier molecular flexibility index (Phi) is 2.30. The highest BCUT2D eigenvalue weighted by molar-refractivity contribution is 5.81. The Morgan fingerprint density at radius 2 is 2.21 bits per heavy atom. The minimum Gasteiger partial charge on any atom is -0.464 e. The molecule has 0 saturated heterocycles. The van der Waals surface area contributed by atoms with Gasteiger partial charge in [0.05, 0.1) is 6.26 Å². The van der Waals surface area contributed by atoms with Crippen molar-refractivity contribution < 1.29 is 4.42 Å². The van der Waals surface area contributed by atoms with Crippen LogP contribution in [-0.4, -0.2) is 6.04 Å². The molecule has 2 N–H and O–H groups in total. The van der Waals surface area contributed by atoms with E-state index in [1.165, 1.54) is 16.5 Å². The maximum absolute atomic E-state index is 5.76. The average Bonchev–Trinajstić information content (AvgIpc) is 2.47. The van der Waals surface area contributed by atoms with E-state index < -0.39 is 0 Å². The summed E-state index contributed by atoms with van der Waals surface area (Å²) in [4.78, 5) is 0.